The summed E-state index contributed by atoms with van der Waals surface area (Å²) in [6.45, 7) is 11.5. The van der Waals surface area contributed by atoms with Crippen LogP contribution in [0, 0.1) is 5.41 Å². The molecule has 0 bridgehead atoms. The minimum absolute atomic E-state index is 0.0603. The Labute approximate surface area is 74.9 Å². The molecule has 0 radical (unpaired) electrons. The van der Waals surface area contributed by atoms with Crippen LogP contribution >= 0.6 is 12.6 Å². The van der Waals surface area contributed by atoms with Gasteiger partial charge in [0.25, 0.3) is 0 Å². The van der Waals surface area contributed by atoms with Gasteiger partial charge in [-0.15, -0.1) is 0 Å². The van der Waals surface area contributed by atoms with Gasteiger partial charge in [-0.2, -0.15) is 12.6 Å². The van der Waals surface area contributed by atoms with E-state index in [1.54, 1.807) is 0 Å². The molecule has 0 aliphatic rings. The van der Waals surface area contributed by atoms with E-state index in [4.69, 9.17) is 0 Å². The highest BCUT2D eigenvalue weighted by Gasteiger charge is 2.28. The predicted octanol–water partition coefficient (Wildman–Crippen LogP) is 3.18. The molecule has 0 saturated carbocycles. The molecule has 1 N–H and O–H groups in total. The minimum atomic E-state index is -0.231. The molecule has 66 valence electrons. The first-order valence-corrected chi connectivity index (χ1v) is 4.21. The van der Waals surface area contributed by atoms with Crippen molar-refractivity contribution >= 4 is 12.6 Å². The van der Waals surface area contributed by atoms with Crippen LogP contribution in [0.4, 0.5) is 0 Å². The van der Waals surface area contributed by atoms with Crippen LogP contribution in [0.2, 0.25) is 0 Å². The summed E-state index contributed by atoms with van der Waals surface area (Å²) in [6.07, 6.45) is 0.818. The highest BCUT2D eigenvalue weighted by Crippen LogP contribution is 2.35. The summed E-state index contributed by atoms with van der Waals surface area (Å²) in [6, 6.07) is 0. The lowest BCUT2D eigenvalue weighted by Gasteiger charge is -2.30. The third-order valence-electron chi connectivity index (χ3n) is 1.66. The first-order chi connectivity index (χ1) is 4.65. The van der Waals surface area contributed by atoms with Crippen molar-refractivity contribution in [1.82, 2.24) is 0 Å². The normalized spacial score (nSPS) is 13.2. The molecule has 0 aromatic heterocycles. The van der Waals surface area contributed by atoms with Crippen LogP contribution in [0.15, 0.2) is 12.3 Å². The number of allylic oxidation sites excluding steroid dienone is 1. The molecule has 0 atom stereocenters. The summed E-state index contributed by atoms with van der Waals surface area (Å²) in [5.74, 6) is 0.236. The second-order valence-corrected chi connectivity index (χ2v) is 5.53. The van der Waals surface area contributed by atoms with Crippen LogP contribution in [-0.4, -0.2) is 9.85 Å². The molecule has 1 nitrogen and oxygen atoms in total. The molecule has 0 spiro atoms. The van der Waals surface area contributed by atoms with Crippen molar-refractivity contribution in [2.45, 2.75) is 38.9 Å². The quantitative estimate of drug-likeness (QED) is 0.497. The summed E-state index contributed by atoms with van der Waals surface area (Å²) in [7, 11) is 0. The Balaban J connectivity index is 4.25. The molecule has 0 aromatic carbocycles. The molecule has 0 unspecified atom stereocenters. The van der Waals surface area contributed by atoms with Crippen LogP contribution in [-0.2, 0) is 0 Å². The molecule has 0 heterocycles. The molecular formula is C9H18OS. The average Bonchev–Trinajstić information content (AvgIpc) is 1.56. The van der Waals surface area contributed by atoms with Crippen LogP contribution < -0.4 is 0 Å². The van der Waals surface area contributed by atoms with E-state index < -0.39 is 0 Å². The molecule has 0 fully saturated rings. The fourth-order valence-corrected chi connectivity index (χ4v) is 1.58. The Morgan fingerprint density at radius 1 is 1.36 bits per heavy atom. The highest BCUT2D eigenvalue weighted by atomic mass is 32.1. The van der Waals surface area contributed by atoms with E-state index in [2.05, 4.69) is 19.2 Å². The maximum Gasteiger partial charge on any atom is 0.0907 e. The summed E-state index contributed by atoms with van der Waals surface area (Å²) in [5, 5.41) is 9.22. The number of hydrogen-bond acceptors (Lipinski definition) is 2. The van der Waals surface area contributed by atoms with Crippen LogP contribution in [0.3, 0.4) is 0 Å². The second kappa shape index (κ2) is 3.10. The summed E-state index contributed by atoms with van der Waals surface area (Å²) in [5.41, 5.74) is -0.231. The Morgan fingerprint density at radius 2 is 1.73 bits per heavy atom. The topological polar surface area (TPSA) is 20.2 Å². The smallest absolute Gasteiger partial charge is 0.0907 e. The van der Waals surface area contributed by atoms with Gasteiger partial charge in [0.2, 0.25) is 0 Å². The average molecular weight is 174 g/mol. The largest absolute Gasteiger partial charge is 0.512 e. The highest BCUT2D eigenvalue weighted by molar-refractivity contribution is 7.81. The van der Waals surface area contributed by atoms with Crippen LogP contribution in [0.1, 0.15) is 34.1 Å². The molecule has 0 rings (SSSR count). The van der Waals surface area contributed by atoms with E-state index in [-0.39, 0.29) is 15.9 Å². The number of hydrogen-bond donors (Lipinski definition) is 2. The van der Waals surface area contributed by atoms with E-state index in [0.29, 0.717) is 0 Å². The zero-order valence-electron chi connectivity index (χ0n) is 7.81. The molecule has 2 heteroatoms. The van der Waals surface area contributed by atoms with E-state index in [0.717, 1.165) is 6.42 Å². The van der Waals surface area contributed by atoms with Crippen LogP contribution in [0.25, 0.3) is 0 Å². The maximum atomic E-state index is 9.22. The lowest BCUT2D eigenvalue weighted by atomic mass is 9.82. The third kappa shape index (κ3) is 4.35. The van der Waals surface area contributed by atoms with Crippen molar-refractivity contribution in [2.24, 2.45) is 5.41 Å². The van der Waals surface area contributed by atoms with Crippen molar-refractivity contribution in [3.63, 3.8) is 0 Å². The standard InChI is InChI=1S/C9H18OS/c1-7(10)8(2,3)6-9(4,5)11/h10-11H,1,6H2,2-5H3. The Bertz CT molecular complexity index is 153. The zero-order chi connectivity index (χ0) is 9.28. The molecule has 0 aliphatic carbocycles. The van der Waals surface area contributed by atoms with Gasteiger partial charge in [0.15, 0.2) is 0 Å². The summed E-state index contributed by atoms with van der Waals surface area (Å²) >= 11 is 4.39. The van der Waals surface area contributed by atoms with E-state index in [9.17, 15) is 5.11 Å². The van der Waals surface area contributed by atoms with Gasteiger partial charge in [0.1, 0.15) is 0 Å². The molecule has 0 aliphatic heterocycles. The Kier molecular flexibility index (Phi) is 3.06. The molecule has 0 saturated heterocycles. The van der Waals surface area contributed by atoms with Gasteiger partial charge in [-0.3, -0.25) is 0 Å². The monoisotopic (exact) mass is 174 g/mol. The fraction of sp³-hybridized carbons (Fsp3) is 0.778. The Morgan fingerprint density at radius 3 is 1.82 bits per heavy atom. The maximum absolute atomic E-state index is 9.22. The van der Waals surface area contributed by atoms with Gasteiger partial charge in [0, 0.05) is 10.2 Å². The fourth-order valence-electron chi connectivity index (χ4n) is 1.18. The van der Waals surface area contributed by atoms with Crippen molar-refractivity contribution < 1.29 is 5.11 Å². The van der Waals surface area contributed by atoms with Gasteiger partial charge in [-0.25, -0.2) is 0 Å². The van der Waals surface area contributed by atoms with Crippen molar-refractivity contribution in [3.8, 4) is 0 Å². The van der Waals surface area contributed by atoms with E-state index in [1.807, 2.05) is 27.7 Å². The lowest BCUT2D eigenvalue weighted by Crippen LogP contribution is -2.24. The van der Waals surface area contributed by atoms with E-state index >= 15 is 0 Å². The van der Waals surface area contributed by atoms with Gasteiger partial charge < -0.3 is 5.11 Å². The molecule has 0 amide bonds. The summed E-state index contributed by atoms with van der Waals surface area (Å²) < 4.78 is -0.0603. The third-order valence-corrected chi connectivity index (χ3v) is 1.81. The number of aliphatic hydroxyl groups excluding tert-OH is 1. The second-order valence-electron chi connectivity index (χ2n) is 4.32. The molecule has 11 heavy (non-hydrogen) atoms. The zero-order valence-corrected chi connectivity index (χ0v) is 8.70. The summed E-state index contributed by atoms with van der Waals surface area (Å²) in [4.78, 5) is 0. The van der Waals surface area contributed by atoms with Gasteiger partial charge in [-0.05, 0) is 6.42 Å². The van der Waals surface area contributed by atoms with Crippen LogP contribution in [0.5, 0.6) is 0 Å². The first-order valence-electron chi connectivity index (χ1n) is 3.76. The van der Waals surface area contributed by atoms with Gasteiger partial charge >= 0.3 is 0 Å². The molecular weight excluding hydrogens is 156 g/mol. The Hall–Kier alpha value is -0.110. The van der Waals surface area contributed by atoms with Crippen molar-refractivity contribution in [3.05, 3.63) is 12.3 Å². The van der Waals surface area contributed by atoms with Crippen molar-refractivity contribution in [2.75, 3.05) is 0 Å². The number of thiol groups is 1. The van der Waals surface area contributed by atoms with Gasteiger partial charge in [0.05, 0.1) is 5.76 Å². The SMILES string of the molecule is C=C(O)C(C)(C)CC(C)(C)S. The molecule has 0 aromatic rings. The lowest BCUT2D eigenvalue weighted by molar-refractivity contribution is 0.233. The van der Waals surface area contributed by atoms with Crippen molar-refractivity contribution in [1.29, 1.82) is 0 Å². The van der Waals surface area contributed by atoms with E-state index in [1.165, 1.54) is 0 Å². The van der Waals surface area contributed by atoms with Gasteiger partial charge in [-0.1, -0.05) is 34.3 Å². The minimum Gasteiger partial charge on any atom is -0.512 e. The number of rotatable bonds is 3. The predicted molar refractivity (Wildman–Crippen MR) is 53.2 cm³/mol. The first kappa shape index (κ1) is 10.9. The number of aliphatic hydroxyl groups is 1.